The van der Waals surface area contributed by atoms with E-state index in [9.17, 15) is 4.79 Å². The summed E-state index contributed by atoms with van der Waals surface area (Å²) in [5, 5.41) is 3.50. The van der Waals surface area contributed by atoms with Gasteiger partial charge in [-0.15, -0.1) is 0 Å². The average Bonchev–Trinajstić information content (AvgIpc) is 2.99. The van der Waals surface area contributed by atoms with Crippen molar-refractivity contribution < 1.29 is 9.53 Å². The molecule has 132 valence electrons. The molecule has 25 heavy (non-hydrogen) atoms. The monoisotopic (exact) mass is 402 g/mol. The molecular formula is C20H23BrN2O2. The number of likely N-dealkylation sites (tertiary alicyclic amines) is 1. The molecule has 1 saturated heterocycles. The zero-order chi connectivity index (χ0) is 18.0. The number of hydrogen-bond donors (Lipinski definition) is 1. The van der Waals surface area contributed by atoms with Crippen LogP contribution in [0, 0.1) is 13.8 Å². The normalized spacial score (nSPS) is 19.9. The van der Waals surface area contributed by atoms with Crippen LogP contribution in [-0.4, -0.2) is 43.2 Å². The molecule has 5 heteroatoms. The van der Waals surface area contributed by atoms with Crippen molar-refractivity contribution in [3.63, 3.8) is 0 Å². The number of ether oxygens (including phenoxy) is 1. The Morgan fingerprint density at radius 3 is 2.72 bits per heavy atom. The lowest BCUT2D eigenvalue weighted by molar-refractivity contribution is 0.0719. The number of anilines is 1. The molecule has 1 aliphatic heterocycles. The molecule has 2 atom stereocenters. The number of carbonyl (C=O) groups is 1. The van der Waals surface area contributed by atoms with E-state index in [1.165, 1.54) is 0 Å². The van der Waals surface area contributed by atoms with Crippen molar-refractivity contribution in [2.45, 2.75) is 26.0 Å². The van der Waals surface area contributed by atoms with E-state index >= 15 is 0 Å². The smallest absolute Gasteiger partial charge is 0.254 e. The van der Waals surface area contributed by atoms with Crippen LogP contribution in [0.5, 0.6) is 0 Å². The van der Waals surface area contributed by atoms with Crippen LogP contribution in [0.15, 0.2) is 46.9 Å². The Bertz CT molecular complexity index is 778. The molecule has 0 bridgehead atoms. The fourth-order valence-corrected chi connectivity index (χ4v) is 3.65. The van der Waals surface area contributed by atoms with E-state index in [2.05, 4.69) is 21.2 Å². The van der Waals surface area contributed by atoms with Crippen molar-refractivity contribution >= 4 is 27.5 Å². The third-order valence-electron chi connectivity index (χ3n) is 4.66. The fourth-order valence-electron chi connectivity index (χ4n) is 3.25. The van der Waals surface area contributed by atoms with Gasteiger partial charge in [0.15, 0.2) is 0 Å². The highest BCUT2D eigenvalue weighted by atomic mass is 79.9. The summed E-state index contributed by atoms with van der Waals surface area (Å²) in [7, 11) is 1.70. The van der Waals surface area contributed by atoms with Crippen molar-refractivity contribution in [2.75, 3.05) is 25.5 Å². The third-order valence-corrected chi connectivity index (χ3v) is 5.15. The predicted molar refractivity (Wildman–Crippen MR) is 104 cm³/mol. The number of carbonyl (C=O) groups excluding carboxylic acids is 1. The van der Waals surface area contributed by atoms with Gasteiger partial charge in [0.1, 0.15) is 0 Å². The molecule has 2 aromatic rings. The largest absolute Gasteiger partial charge is 0.378 e. The Kier molecular flexibility index (Phi) is 5.45. The van der Waals surface area contributed by atoms with Crippen LogP contribution in [0.4, 0.5) is 5.69 Å². The molecule has 0 aliphatic carbocycles. The summed E-state index contributed by atoms with van der Waals surface area (Å²) in [5.41, 5.74) is 3.90. The Hall–Kier alpha value is -1.85. The number of halogens is 1. The first-order valence-electron chi connectivity index (χ1n) is 8.39. The molecule has 4 nitrogen and oxygen atoms in total. The van der Waals surface area contributed by atoms with Gasteiger partial charge in [-0.3, -0.25) is 4.79 Å². The molecule has 1 fully saturated rings. The maximum atomic E-state index is 13.0. The van der Waals surface area contributed by atoms with Gasteiger partial charge in [0.2, 0.25) is 0 Å². The van der Waals surface area contributed by atoms with Gasteiger partial charge < -0.3 is 15.0 Å². The van der Waals surface area contributed by atoms with Gasteiger partial charge in [0.25, 0.3) is 5.91 Å². The first-order chi connectivity index (χ1) is 12.0. The maximum absolute atomic E-state index is 13.0. The molecule has 3 rings (SSSR count). The Morgan fingerprint density at radius 1 is 1.20 bits per heavy atom. The minimum Gasteiger partial charge on any atom is -0.378 e. The second-order valence-corrected chi connectivity index (χ2v) is 7.48. The summed E-state index contributed by atoms with van der Waals surface area (Å²) in [6, 6.07) is 14.1. The molecule has 1 aliphatic rings. The zero-order valence-electron chi connectivity index (χ0n) is 14.8. The van der Waals surface area contributed by atoms with Gasteiger partial charge in [-0.1, -0.05) is 39.7 Å². The molecule has 0 aromatic heterocycles. The molecular weight excluding hydrogens is 380 g/mol. The summed E-state index contributed by atoms with van der Waals surface area (Å²) in [6.45, 7) is 5.20. The number of amides is 1. The number of nitrogens with one attached hydrogen (secondary N) is 1. The van der Waals surface area contributed by atoms with E-state index < -0.39 is 0 Å². The standard InChI is InChI=1S/C20H23BrN2O2/c1-13-7-8-14(2)17(9-13)20(24)23-11-18(19(12-23)25-3)22-16-6-4-5-15(21)10-16/h4-10,18-19,22H,11-12H2,1-3H3/t18-,19-/m1/s1. The Morgan fingerprint density at radius 2 is 2.00 bits per heavy atom. The van der Waals surface area contributed by atoms with E-state index in [4.69, 9.17) is 4.74 Å². The molecule has 0 spiro atoms. The lowest BCUT2D eigenvalue weighted by atomic mass is 10.0. The van der Waals surface area contributed by atoms with Crippen molar-refractivity contribution in [3.05, 3.63) is 63.6 Å². The number of benzene rings is 2. The van der Waals surface area contributed by atoms with Crippen LogP contribution in [0.25, 0.3) is 0 Å². The van der Waals surface area contributed by atoms with E-state index in [0.717, 1.165) is 26.9 Å². The highest BCUT2D eigenvalue weighted by molar-refractivity contribution is 9.10. The Balaban J connectivity index is 1.76. The molecule has 0 radical (unpaired) electrons. The van der Waals surface area contributed by atoms with Crippen molar-refractivity contribution in [2.24, 2.45) is 0 Å². The summed E-state index contributed by atoms with van der Waals surface area (Å²) in [6.07, 6.45) is -0.0342. The topological polar surface area (TPSA) is 41.6 Å². The number of nitrogens with zero attached hydrogens (tertiary/aromatic N) is 1. The first kappa shape index (κ1) is 18.0. The van der Waals surface area contributed by atoms with Crippen LogP contribution < -0.4 is 5.32 Å². The van der Waals surface area contributed by atoms with Gasteiger partial charge in [-0.2, -0.15) is 0 Å². The van der Waals surface area contributed by atoms with Crippen molar-refractivity contribution in [1.82, 2.24) is 4.90 Å². The van der Waals surface area contributed by atoms with Crippen LogP contribution in [0.2, 0.25) is 0 Å². The lowest BCUT2D eigenvalue weighted by Gasteiger charge is -2.19. The minimum absolute atomic E-state index is 0.0342. The molecule has 1 amide bonds. The third kappa shape index (κ3) is 4.05. The summed E-state index contributed by atoms with van der Waals surface area (Å²) >= 11 is 3.49. The van der Waals surface area contributed by atoms with E-state index in [-0.39, 0.29) is 18.1 Å². The molecule has 0 unspecified atom stereocenters. The van der Waals surface area contributed by atoms with E-state index in [0.29, 0.717) is 13.1 Å². The first-order valence-corrected chi connectivity index (χ1v) is 9.18. The maximum Gasteiger partial charge on any atom is 0.254 e. The summed E-state index contributed by atoms with van der Waals surface area (Å²) < 4.78 is 6.65. The molecule has 2 aromatic carbocycles. The van der Waals surface area contributed by atoms with Crippen molar-refractivity contribution in [3.8, 4) is 0 Å². The van der Waals surface area contributed by atoms with Gasteiger partial charge in [-0.05, 0) is 43.7 Å². The van der Waals surface area contributed by atoms with Gasteiger partial charge in [0, 0.05) is 35.9 Å². The van der Waals surface area contributed by atoms with Crippen molar-refractivity contribution in [1.29, 1.82) is 0 Å². The van der Waals surface area contributed by atoms with Crippen LogP contribution >= 0.6 is 15.9 Å². The Labute approximate surface area is 157 Å². The second-order valence-electron chi connectivity index (χ2n) is 6.56. The number of hydrogen-bond acceptors (Lipinski definition) is 3. The number of methoxy groups -OCH3 is 1. The van der Waals surface area contributed by atoms with E-state index in [1.54, 1.807) is 7.11 Å². The highest BCUT2D eigenvalue weighted by Gasteiger charge is 2.36. The summed E-state index contributed by atoms with van der Waals surface area (Å²) in [5.74, 6) is 0.0711. The van der Waals surface area contributed by atoms with Gasteiger partial charge >= 0.3 is 0 Å². The zero-order valence-corrected chi connectivity index (χ0v) is 16.3. The number of aryl methyl sites for hydroxylation is 2. The minimum atomic E-state index is -0.0342. The lowest BCUT2D eigenvalue weighted by Crippen LogP contribution is -2.33. The second kappa shape index (κ2) is 7.58. The highest BCUT2D eigenvalue weighted by Crippen LogP contribution is 2.23. The molecule has 0 saturated carbocycles. The SMILES string of the molecule is CO[C@@H]1CN(C(=O)c2cc(C)ccc2C)C[C@H]1Nc1cccc(Br)c1. The molecule has 1 N–H and O–H groups in total. The van der Waals surface area contributed by atoms with Gasteiger partial charge in [-0.25, -0.2) is 0 Å². The number of rotatable bonds is 4. The predicted octanol–water partition coefficient (Wildman–Crippen LogP) is 4.02. The summed E-state index contributed by atoms with van der Waals surface area (Å²) in [4.78, 5) is 14.8. The van der Waals surface area contributed by atoms with Crippen LogP contribution in [-0.2, 0) is 4.74 Å². The van der Waals surface area contributed by atoms with Crippen LogP contribution in [0.1, 0.15) is 21.5 Å². The van der Waals surface area contributed by atoms with Gasteiger partial charge in [0.05, 0.1) is 12.1 Å². The van der Waals surface area contributed by atoms with Crippen LogP contribution in [0.3, 0.4) is 0 Å². The molecule has 1 heterocycles. The quantitative estimate of drug-likeness (QED) is 0.839. The van der Waals surface area contributed by atoms with E-state index in [1.807, 2.05) is 61.2 Å². The average molecular weight is 403 g/mol. The fraction of sp³-hybridized carbons (Fsp3) is 0.350.